The lowest BCUT2D eigenvalue weighted by Gasteiger charge is -2.34. The van der Waals surface area contributed by atoms with Crippen LogP contribution in [-0.2, 0) is 20.6 Å². The fourth-order valence-electron chi connectivity index (χ4n) is 5.05. The molecule has 1 fully saturated rings. The number of benzene rings is 1. The van der Waals surface area contributed by atoms with Gasteiger partial charge in [-0.15, -0.1) is 0 Å². The SMILES string of the molecule is COCCCOc1cc(C[C@H](CC2[C@@H](NC(=O)OCC[Si](C)(C)C)CCN2C(=O)OC(C)(C)C)C(C)C)ccc1OC. The average Bonchev–Trinajstić information content (AvgIpc) is 3.26. The lowest BCUT2D eigenvalue weighted by atomic mass is 9.82. The molecular formula is C32H56N2O7Si. The molecule has 10 heteroatoms. The van der Waals surface area contributed by atoms with E-state index in [9.17, 15) is 9.59 Å². The van der Waals surface area contributed by atoms with Gasteiger partial charge in [-0.05, 0) is 75.6 Å². The minimum Gasteiger partial charge on any atom is -0.493 e. The summed E-state index contributed by atoms with van der Waals surface area (Å²) < 4.78 is 28.0. The van der Waals surface area contributed by atoms with Crippen LogP contribution in [-0.4, -0.2) is 83.4 Å². The van der Waals surface area contributed by atoms with Gasteiger partial charge < -0.3 is 33.9 Å². The molecule has 0 spiro atoms. The quantitative estimate of drug-likeness (QED) is 0.174. The maximum Gasteiger partial charge on any atom is 0.410 e. The van der Waals surface area contributed by atoms with Crippen molar-refractivity contribution in [2.45, 2.75) is 104 Å². The molecular weight excluding hydrogens is 552 g/mol. The number of likely N-dealkylation sites (tertiary alicyclic amines) is 1. The Morgan fingerprint density at radius 1 is 1.07 bits per heavy atom. The molecule has 42 heavy (non-hydrogen) atoms. The van der Waals surface area contributed by atoms with E-state index in [-0.39, 0.29) is 24.1 Å². The normalized spacial score (nSPS) is 18.1. The molecule has 0 radical (unpaired) electrons. The van der Waals surface area contributed by atoms with E-state index in [0.717, 1.165) is 24.4 Å². The average molecular weight is 609 g/mol. The van der Waals surface area contributed by atoms with Gasteiger partial charge in [0.15, 0.2) is 11.5 Å². The summed E-state index contributed by atoms with van der Waals surface area (Å²) in [5.41, 5.74) is 0.525. The molecule has 3 atom stereocenters. The van der Waals surface area contributed by atoms with Gasteiger partial charge in [0.25, 0.3) is 0 Å². The van der Waals surface area contributed by atoms with Crippen LogP contribution < -0.4 is 14.8 Å². The Labute approximate surface area is 254 Å². The zero-order chi connectivity index (χ0) is 31.5. The first-order valence-electron chi connectivity index (χ1n) is 15.3. The molecule has 0 saturated carbocycles. The highest BCUT2D eigenvalue weighted by atomic mass is 28.3. The molecule has 9 nitrogen and oxygen atoms in total. The van der Waals surface area contributed by atoms with Crippen LogP contribution in [0.2, 0.25) is 25.7 Å². The number of carbonyl (C=O) groups excluding carboxylic acids is 2. The maximum absolute atomic E-state index is 13.3. The van der Waals surface area contributed by atoms with Crippen molar-refractivity contribution in [1.29, 1.82) is 0 Å². The van der Waals surface area contributed by atoms with Crippen molar-refractivity contribution in [3.8, 4) is 11.5 Å². The van der Waals surface area contributed by atoms with Gasteiger partial charge in [0, 0.05) is 34.8 Å². The fourth-order valence-corrected chi connectivity index (χ4v) is 5.77. The highest BCUT2D eigenvalue weighted by Gasteiger charge is 2.41. The first kappa shape index (κ1) is 35.7. The first-order valence-corrected chi connectivity index (χ1v) is 19.1. The number of hydrogen-bond acceptors (Lipinski definition) is 7. The number of nitrogens with one attached hydrogen (secondary N) is 1. The molecule has 1 heterocycles. The second-order valence-electron chi connectivity index (χ2n) is 13.9. The lowest BCUT2D eigenvalue weighted by molar-refractivity contribution is 0.0186. The first-order chi connectivity index (χ1) is 19.6. The molecule has 1 aliphatic heterocycles. The number of hydrogen-bond donors (Lipinski definition) is 1. The molecule has 0 bridgehead atoms. The molecule has 1 aliphatic rings. The smallest absolute Gasteiger partial charge is 0.410 e. The maximum atomic E-state index is 13.3. The standard InChI is InChI=1S/C32H56N2O7Si/c1-23(2)25(20-24-12-13-28(38-7)29(21-24)39-17-11-16-37-6)22-27-26(33-30(35)40-18-19-42(8,9)10)14-15-34(27)31(36)41-32(3,4)5/h12-13,21,23,25-27H,11,14-20,22H2,1-10H3,(H,33,35)/t25-,26+,27?/m1/s1. The van der Waals surface area contributed by atoms with E-state index >= 15 is 0 Å². The van der Waals surface area contributed by atoms with Crippen LogP contribution in [0.15, 0.2) is 18.2 Å². The molecule has 1 aromatic carbocycles. The zero-order valence-electron chi connectivity index (χ0n) is 27.7. The summed E-state index contributed by atoms with van der Waals surface area (Å²) in [7, 11) is 2.00. The highest BCUT2D eigenvalue weighted by Crippen LogP contribution is 2.34. The van der Waals surface area contributed by atoms with Gasteiger partial charge in [0.1, 0.15) is 5.60 Å². The van der Waals surface area contributed by atoms with Gasteiger partial charge in [-0.1, -0.05) is 39.6 Å². The van der Waals surface area contributed by atoms with Crippen LogP contribution in [0.3, 0.4) is 0 Å². The second-order valence-corrected chi connectivity index (χ2v) is 19.5. The molecule has 2 rings (SSSR count). The monoisotopic (exact) mass is 608 g/mol. The van der Waals surface area contributed by atoms with Crippen molar-refractivity contribution in [2.24, 2.45) is 11.8 Å². The molecule has 0 aromatic heterocycles. The Bertz CT molecular complexity index is 990. The van der Waals surface area contributed by atoms with Crippen molar-refractivity contribution in [3.63, 3.8) is 0 Å². The van der Waals surface area contributed by atoms with E-state index in [1.807, 2.05) is 32.9 Å². The molecule has 240 valence electrons. The number of carbonyl (C=O) groups is 2. The van der Waals surface area contributed by atoms with Crippen molar-refractivity contribution in [1.82, 2.24) is 10.2 Å². The summed E-state index contributed by atoms with van der Waals surface area (Å²) >= 11 is 0. The predicted octanol–water partition coefficient (Wildman–Crippen LogP) is 6.76. The predicted molar refractivity (Wildman–Crippen MR) is 169 cm³/mol. The van der Waals surface area contributed by atoms with Crippen LogP contribution in [0.25, 0.3) is 0 Å². The van der Waals surface area contributed by atoms with E-state index < -0.39 is 19.8 Å². The van der Waals surface area contributed by atoms with Crippen molar-refractivity contribution >= 4 is 20.3 Å². The summed E-state index contributed by atoms with van der Waals surface area (Å²) in [4.78, 5) is 27.9. The molecule has 0 aliphatic carbocycles. The van der Waals surface area contributed by atoms with Gasteiger partial charge in [-0.3, -0.25) is 0 Å². The van der Waals surface area contributed by atoms with Gasteiger partial charge in [0.2, 0.25) is 0 Å². The largest absolute Gasteiger partial charge is 0.493 e. The molecule has 1 saturated heterocycles. The number of nitrogens with zero attached hydrogens (tertiary/aromatic N) is 1. The Balaban J connectivity index is 2.23. The summed E-state index contributed by atoms with van der Waals surface area (Å²) in [6.07, 6.45) is 2.19. The van der Waals surface area contributed by atoms with Crippen LogP contribution in [0, 0.1) is 11.8 Å². The van der Waals surface area contributed by atoms with E-state index in [1.54, 1.807) is 19.1 Å². The van der Waals surface area contributed by atoms with E-state index in [0.29, 0.717) is 56.6 Å². The third-order valence-electron chi connectivity index (χ3n) is 7.53. The number of alkyl carbamates (subject to hydrolysis) is 1. The van der Waals surface area contributed by atoms with Crippen molar-refractivity contribution in [2.75, 3.05) is 40.6 Å². The van der Waals surface area contributed by atoms with E-state index in [1.165, 1.54) is 0 Å². The lowest BCUT2D eigenvalue weighted by Crippen LogP contribution is -2.49. The Hall–Kier alpha value is -2.46. The second kappa shape index (κ2) is 16.4. The van der Waals surface area contributed by atoms with E-state index in [4.69, 9.17) is 23.7 Å². The van der Waals surface area contributed by atoms with Crippen LogP contribution >= 0.6 is 0 Å². The Morgan fingerprint density at radius 3 is 2.38 bits per heavy atom. The third kappa shape index (κ3) is 12.4. The summed E-state index contributed by atoms with van der Waals surface area (Å²) in [5.74, 6) is 1.98. The molecule has 1 aromatic rings. The van der Waals surface area contributed by atoms with Crippen LogP contribution in [0.1, 0.15) is 59.4 Å². The fraction of sp³-hybridized carbons (Fsp3) is 0.750. The molecule has 2 amide bonds. The van der Waals surface area contributed by atoms with Crippen molar-refractivity contribution in [3.05, 3.63) is 23.8 Å². The number of ether oxygens (including phenoxy) is 5. The highest BCUT2D eigenvalue weighted by molar-refractivity contribution is 6.76. The van der Waals surface area contributed by atoms with Gasteiger partial charge in [-0.2, -0.15) is 0 Å². The zero-order valence-corrected chi connectivity index (χ0v) is 28.7. The summed E-state index contributed by atoms with van der Waals surface area (Å²) in [6.45, 7) is 18.9. The topological polar surface area (TPSA) is 95.6 Å². The minimum atomic E-state index is -1.32. The number of rotatable bonds is 15. The van der Waals surface area contributed by atoms with Crippen LogP contribution in [0.5, 0.6) is 11.5 Å². The van der Waals surface area contributed by atoms with Gasteiger partial charge in [0.05, 0.1) is 32.4 Å². The molecule has 1 N–H and O–H groups in total. The minimum absolute atomic E-state index is 0.209. The van der Waals surface area contributed by atoms with Gasteiger partial charge >= 0.3 is 12.2 Å². The Morgan fingerprint density at radius 2 is 1.79 bits per heavy atom. The number of methoxy groups -OCH3 is 2. The summed E-state index contributed by atoms with van der Waals surface area (Å²) in [6, 6.07) is 6.55. The Kier molecular flexibility index (Phi) is 14.0. The molecule has 1 unspecified atom stereocenters. The van der Waals surface area contributed by atoms with Crippen molar-refractivity contribution < 1.29 is 33.3 Å². The van der Waals surface area contributed by atoms with E-state index in [2.05, 4.69) is 44.9 Å². The van der Waals surface area contributed by atoms with Gasteiger partial charge in [-0.25, -0.2) is 9.59 Å². The summed E-state index contributed by atoms with van der Waals surface area (Å²) in [5, 5.41) is 3.09. The third-order valence-corrected chi connectivity index (χ3v) is 9.23. The van der Waals surface area contributed by atoms with Crippen LogP contribution in [0.4, 0.5) is 9.59 Å². The number of amides is 2.